The van der Waals surface area contributed by atoms with Crippen molar-refractivity contribution < 1.29 is 0 Å². The molecule has 0 atom stereocenters. The summed E-state index contributed by atoms with van der Waals surface area (Å²) in [7, 11) is 0. The zero-order chi connectivity index (χ0) is 13.3. The molecule has 0 fully saturated rings. The van der Waals surface area contributed by atoms with E-state index in [1.54, 1.807) is 11.8 Å². The molecular formula is C15H24N4. The Labute approximate surface area is 115 Å². The van der Waals surface area contributed by atoms with Gasteiger partial charge in [-0.15, -0.1) is 0 Å². The van der Waals surface area contributed by atoms with E-state index in [4.69, 9.17) is 0 Å². The van der Waals surface area contributed by atoms with Gasteiger partial charge < -0.3 is 10.6 Å². The molecule has 0 spiro atoms. The van der Waals surface area contributed by atoms with Gasteiger partial charge in [0.05, 0.1) is 0 Å². The second kappa shape index (κ2) is 7.77. The number of hydrogen-bond donors (Lipinski definition) is 2. The van der Waals surface area contributed by atoms with Crippen molar-refractivity contribution in [1.82, 2.24) is 9.97 Å². The van der Waals surface area contributed by atoms with Crippen LogP contribution in [0.25, 0.3) is 0 Å². The fraction of sp³-hybridized carbons (Fsp3) is 0.600. The highest BCUT2D eigenvalue weighted by Crippen LogP contribution is 2.19. The number of anilines is 2. The van der Waals surface area contributed by atoms with Gasteiger partial charge in [-0.05, 0) is 44.6 Å². The fourth-order valence-corrected chi connectivity index (χ4v) is 2.26. The third-order valence-electron chi connectivity index (χ3n) is 3.33. The smallest absolute Gasteiger partial charge is 0.224 e. The highest BCUT2D eigenvalue weighted by atomic mass is 15.1. The number of aromatic nitrogens is 2. The topological polar surface area (TPSA) is 49.8 Å². The summed E-state index contributed by atoms with van der Waals surface area (Å²) in [5, 5.41) is 6.58. The molecule has 0 saturated carbocycles. The molecular weight excluding hydrogens is 236 g/mol. The highest BCUT2D eigenvalue weighted by molar-refractivity contribution is 5.39. The zero-order valence-corrected chi connectivity index (χ0v) is 11.8. The molecule has 19 heavy (non-hydrogen) atoms. The molecule has 2 N–H and O–H groups in total. The van der Waals surface area contributed by atoms with Gasteiger partial charge in [-0.25, -0.2) is 4.98 Å². The molecule has 0 aliphatic heterocycles. The van der Waals surface area contributed by atoms with E-state index >= 15 is 0 Å². The molecule has 1 aromatic heterocycles. The maximum Gasteiger partial charge on any atom is 0.224 e. The van der Waals surface area contributed by atoms with Crippen LogP contribution in [-0.4, -0.2) is 23.1 Å². The second-order valence-corrected chi connectivity index (χ2v) is 4.98. The zero-order valence-electron chi connectivity index (χ0n) is 11.8. The minimum atomic E-state index is 0.720. The second-order valence-electron chi connectivity index (χ2n) is 4.98. The van der Waals surface area contributed by atoms with E-state index in [1.807, 2.05) is 6.07 Å². The average Bonchev–Trinajstić information content (AvgIpc) is 2.47. The highest BCUT2D eigenvalue weighted by Gasteiger charge is 2.04. The van der Waals surface area contributed by atoms with Crippen molar-refractivity contribution in [1.29, 1.82) is 0 Å². The van der Waals surface area contributed by atoms with Gasteiger partial charge in [0.2, 0.25) is 5.95 Å². The summed E-state index contributed by atoms with van der Waals surface area (Å²) in [4.78, 5) is 8.69. The summed E-state index contributed by atoms with van der Waals surface area (Å²) in [6.45, 7) is 4.01. The number of rotatable bonds is 7. The van der Waals surface area contributed by atoms with Crippen LogP contribution in [0, 0.1) is 0 Å². The first-order chi connectivity index (χ1) is 9.38. The molecule has 4 heteroatoms. The number of nitrogens with one attached hydrogen (secondary N) is 2. The third-order valence-corrected chi connectivity index (χ3v) is 3.33. The third kappa shape index (κ3) is 4.89. The van der Waals surface area contributed by atoms with Crippen molar-refractivity contribution in [3.8, 4) is 0 Å². The molecule has 0 amide bonds. The molecule has 4 nitrogen and oxygen atoms in total. The first-order valence-corrected chi connectivity index (χ1v) is 7.37. The molecule has 1 aliphatic rings. The molecule has 1 aliphatic carbocycles. The molecule has 0 unspecified atom stereocenters. The lowest BCUT2D eigenvalue weighted by molar-refractivity contribution is 0.679. The van der Waals surface area contributed by atoms with Gasteiger partial charge in [-0.1, -0.05) is 18.6 Å². The lowest BCUT2D eigenvalue weighted by Gasteiger charge is -2.13. The van der Waals surface area contributed by atoms with E-state index in [1.165, 1.54) is 25.7 Å². The van der Waals surface area contributed by atoms with Gasteiger partial charge in [0.1, 0.15) is 5.82 Å². The summed E-state index contributed by atoms with van der Waals surface area (Å²) in [5.41, 5.74) is 1.58. The molecule has 0 bridgehead atoms. The largest absolute Gasteiger partial charge is 0.370 e. The van der Waals surface area contributed by atoms with Crippen molar-refractivity contribution in [3.05, 3.63) is 23.9 Å². The maximum absolute atomic E-state index is 4.44. The van der Waals surface area contributed by atoms with Gasteiger partial charge in [-0.2, -0.15) is 4.98 Å². The van der Waals surface area contributed by atoms with Gasteiger partial charge in [0, 0.05) is 19.3 Å². The van der Waals surface area contributed by atoms with Crippen molar-refractivity contribution in [3.63, 3.8) is 0 Å². The van der Waals surface area contributed by atoms with Crippen LogP contribution >= 0.6 is 0 Å². The Morgan fingerprint density at radius 1 is 1.21 bits per heavy atom. The molecule has 0 aromatic carbocycles. The van der Waals surface area contributed by atoms with Crippen LogP contribution in [0.2, 0.25) is 0 Å². The normalized spacial score (nSPS) is 14.9. The lowest BCUT2D eigenvalue weighted by atomic mass is 9.97. The van der Waals surface area contributed by atoms with E-state index in [2.05, 4.69) is 33.6 Å². The van der Waals surface area contributed by atoms with E-state index in [-0.39, 0.29) is 0 Å². The Bertz CT molecular complexity index is 414. The fourth-order valence-electron chi connectivity index (χ4n) is 2.26. The minimum Gasteiger partial charge on any atom is -0.370 e. The minimum absolute atomic E-state index is 0.720. The SMILES string of the molecule is CCCNc1ccnc(NCCC2=CCCCC2)n1. The summed E-state index contributed by atoms with van der Waals surface area (Å²) >= 11 is 0. The van der Waals surface area contributed by atoms with Crippen LogP contribution in [0.15, 0.2) is 23.9 Å². The van der Waals surface area contributed by atoms with Crippen LogP contribution in [0.1, 0.15) is 45.4 Å². The molecule has 2 rings (SSSR count). The lowest BCUT2D eigenvalue weighted by Crippen LogP contribution is -2.09. The Balaban J connectivity index is 1.77. The van der Waals surface area contributed by atoms with E-state index in [0.29, 0.717) is 0 Å². The Kier molecular flexibility index (Phi) is 5.66. The van der Waals surface area contributed by atoms with E-state index in [0.717, 1.165) is 37.7 Å². The summed E-state index contributed by atoms with van der Waals surface area (Å²) in [6.07, 6.45) is 11.6. The monoisotopic (exact) mass is 260 g/mol. The van der Waals surface area contributed by atoms with Crippen LogP contribution in [-0.2, 0) is 0 Å². The van der Waals surface area contributed by atoms with Gasteiger partial charge >= 0.3 is 0 Å². The van der Waals surface area contributed by atoms with Crippen molar-refractivity contribution in [2.24, 2.45) is 0 Å². The molecule has 104 valence electrons. The Hall–Kier alpha value is -1.58. The van der Waals surface area contributed by atoms with E-state index in [9.17, 15) is 0 Å². The van der Waals surface area contributed by atoms with Crippen molar-refractivity contribution in [2.75, 3.05) is 23.7 Å². The predicted octanol–water partition coefficient (Wildman–Crippen LogP) is 3.60. The number of allylic oxidation sites excluding steroid dienone is 1. The van der Waals surface area contributed by atoms with Gasteiger partial charge in [0.25, 0.3) is 0 Å². The van der Waals surface area contributed by atoms with Crippen LogP contribution in [0.3, 0.4) is 0 Å². The average molecular weight is 260 g/mol. The maximum atomic E-state index is 4.44. The van der Waals surface area contributed by atoms with Crippen LogP contribution < -0.4 is 10.6 Å². The van der Waals surface area contributed by atoms with Gasteiger partial charge in [0.15, 0.2) is 0 Å². The first kappa shape index (κ1) is 13.8. The van der Waals surface area contributed by atoms with E-state index < -0.39 is 0 Å². The van der Waals surface area contributed by atoms with Crippen LogP contribution in [0.5, 0.6) is 0 Å². The van der Waals surface area contributed by atoms with Crippen molar-refractivity contribution in [2.45, 2.75) is 45.4 Å². The summed E-state index contributed by atoms with van der Waals surface area (Å²) < 4.78 is 0. The molecule has 1 aromatic rings. The summed E-state index contributed by atoms with van der Waals surface area (Å²) in [5.74, 6) is 1.62. The first-order valence-electron chi connectivity index (χ1n) is 7.37. The summed E-state index contributed by atoms with van der Waals surface area (Å²) in [6, 6.07) is 1.91. The molecule has 0 saturated heterocycles. The van der Waals surface area contributed by atoms with Crippen molar-refractivity contribution >= 4 is 11.8 Å². The Morgan fingerprint density at radius 3 is 2.95 bits per heavy atom. The quantitative estimate of drug-likeness (QED) is 0.735. The number of nitrogens with zero attached hydrogens (tertiary/aromatic N) is 2. The predicted molar refractivity (Wildman–Crippen MR) is 80.5 cm³/mol. The number of hydrogen-bond acceptors (Lipinski definition) is 4. The van der Waals surface area contributed by atoms with Gasteiger partial charge in [-0.3, -0.25) is 0 Å². The molecule has 1 heterocycles. The Morgan fingerprint density at radius 2 is 2.16 bits per heavy atom. The van der Waals surface area contributed by atoms with Crippen LogP contribution in [0.4, 0.5) is 11.8 Å². The molecule has 0 radical (unpaired) electrons. The standard InChI is InChI=1S/C15H24N4/c1-2-10-16-14-9-12-18-15(19-14)17-11-8-13-6-4-3-5-7-13/h6,9,12H,2-5,7-8,10-11H2,1H3,(H2,16,17,18,19).